The van der Waals surface area contributed by atoms with Gasteiger partial charge < -0.3 is 10.2 Å². The Hall–Kier alpha value is -1.16. The van der Waals surface area contributed by atoms with E-state index in [1.807, 2.05) is 13.2 Å². The summed E-state index contributed by atoms with van der Waals surface area (Å²) in [5.74, 6) is 2.10. The topological polar surface area (TPSA) is 41.1 Å². The zero-order chi connectivity index (χ0) is 13.1. The summed E-state index contributed by atoms with van der Waals surface area (Å²) in [5, 5.41) is 3.21. The van der Waals surface area contributed by atoms with E-state index in [0.29, 0.717) is 5.92 Å². The van der Waals surface area contributed by atoms with E-state index >= 15 is 0 Å². The number of nitrogens with one attached hydrogen (secondary N) is 1. The molecule has 0 bridgehead atoms. The Morgan fingerprint density at radius 1 is 1.50 bits per heavy atom. The molecule has 1 aliphatic heterocycles. The van der Waals surface area contributed by atoms with Crippen molar-refractivity contribution >= 4 is 5.69 Å². The lowest BCUT2D eigenvalue weighted by atomic mass is 10.2. The fraction of sp³-hybridized carbons (Fsp3) is 0.714. The van der Waals surface area contributed by atoms with Gasteiger partial charge in [-0.15, -0.1) is 0 Å². The molecule has 2 heterocycles. The minimum absolute atomic E-state index is 0.382. The van der Waals surface area contributed by atoms with Gasteiger partial charge in [0.1, 0.15) is 5.82 Å². The lowest BCUT2D eigenvalue weighted by Crippen LogP contribution is -2.23. The summed E-state index contributed by atoms with van der Waals surface area (Å²) in [4.78, 5) is 11.6. The highest BCUT2D eigenvalue weighted by atomic mass is 15.2. The van der Waals surface area contributed by atoms with E-state index in [2.05, 4.69) is 36.0 Å². The van der Waals surface area contributed by atoms with Crippen molar-refractivity contribution in [3.8, 4) is 0 Å². The molecule has 0 spiro atoms. The van der Waals surface area contributed by atoms with Gasteiger partial charge in [0.15, 0.2) is 0 Å². The van der Waals surface area contributed by atoms with E-state index in [9.17, 15) is 0 Å². The van der Waals surface area contributed by atoms with E-state index < -0.39 is 0 Å². The molecule has 1 unspecified atom stereocenters. The van der Waals surface area contributed by atoms with Crippen LogP contribution in [0.5, 0.6) is 0 Å². The van der Waals surface area contributed by atoms with Crippen molar-refractivity contribution in [1.29, 1.82) is 0 Å². The van der Waals surface area contributed by atoms with Crippen molar-refractivity contribution < 1.29 is 0 Å². The van der Waals surface area contributed by atoms with Crippen molar-refractivity contribution in [3.05, 3.63) is 17.7 Å². The molecule has 4 heteroatoms. The molecule has 0 aromatic carbocycles. The zero-order valence-electron chi connectivity index (χ0n) is 11.9. The second kappa shape index (κ2) is 5.65. The van der Waals surface area contributed by atoms with Crippen LogP contribution in [0.1, 0.15) is 44.6 Å². The molecular weight excluding hydrogens is 224 g/mol. The number of hydrogen-bond donors (Lipinski definition) is 1. The third kappa shape index (κ3) is 2.80. The number of anilines is 1. The van der Waals surface area contributed by atoms with Crippen LogP contribution in [0, 0.1) is 5.92 Å². The van der Waals surface area contributed by atoms with Gasteiger partial charge in [0, 0.05) is 25.6 Å². The van der Waals surface area contributed by atoms with E-state index in [0.717, 1.165) is 37.1 Å². The number of rotatable bonds is 4. The molecule has 0 amide bonds. The van der Waals surface area contributed by atoms with Gasteiger partial charge in [0.2, 0.25) is 0 Å². The molecule has 18 heavy (non-hydrogen) atoms. The van der Waals surface area contributed by atoms with Crippen LogP contribution in [0.3, 0.4) is 0 Å². The van der Waals surface area contributed by atoms with Gasteiger partial charge >= 0.3 is 0 Å². The summed E-state index contributed by atoms with van der Waals surface area (Å²) < 4.78 is 0. The molecule has 0 aliphatic carbocycles. The third-order valence-electron chi connectivity index (χ3n) is 3.49. The molecule has 2 rings (SSSR count). The average molecular weight is 248 g/mol. The molecule has 1 fully saturated rings. The van der Waals surface area contributed by atoms with Crippen LogP contribution in [0.15, 0.2) is 6.20 Å². The van der Waals surface area contributed by atoms with E-state index in [-0.39, 0.29) is 0 Å². The molecule has 1 saturated heterocycles. The molecule has 100 valence electrons. The molecule has 1 atom stereocenters. The standard InChI is InChI=1S/C14H24N4/c1-10(2)14-16-8-13(12(17-14)7-15-4)18-6-5-11(3)9-18/h8,10-11,15H,5-7,9H2,1-4H3. The Morgan fingerprint density at radius 3 is 2.83 bits per heavy atom. The predicted octanol–water partition coefficient (Wildman–Crippen LogP) is 2.17. The van der Waals surface area contributed by atoms with E-state index in [1.165, 1.54) is 12.1 Å². The van der Waals surface area contributed by atoms with Gasteiger partial charge in [-0.2, -0.15) is 0 Å². The van der Waals surface area contributed by atoms with E-state index in [1.54, 1.807) is 0 Å². The largest absolute Gasteiger partial charge is 0.368 e. The van der Waals surface area contributed by atoms with Crippen molar-refractivity contribution in [2.45, 2.75) is 39.7 Å². The molecule has 0 saturated carbocycles. The quantitative estimate of drug-likeness (QED) is 0.886. The third-order valence-corrected chi connectivity index (χ3v) is 3.49. The summed E-state index contributed by atoms with van der Waals surface area (Å²) in [5.41, 5.74) is 2.34. The first-order valence-corrected chi connectivity index (χ1v) is 6.87. The van der Waals surface area contributed by atoms with Crippen molar-refractivity contribution in [2.24, 2.45) is 5.92 Å². The first-order valence-electron chi connectivity index (χ1n) is 6.87. The minimum Gasteiger partial charge on any atom is -0.368 e. The summed E-state index contributed by atoms with van der Waals surface area (Å²) in [7, 11) is 1.97. The number of hydrogen-bond acceptors (Lipinski definition) is 4. The van der Waals surface area contributed by atoms with Crippen molar-refractivity contribution in [3.63, 3.8) is 0 Å². The highest BCUT2D eigenvalue weighted by Gasteiger charge is 2.22. The van der Waals surface area contributed by atoms with Gasteiger partial charge in [0.25, 0.3) is 0 Å². The molecule has 4 nitrogen and oxygen atoms in total. The second-order valence-corrected chi connectivity index (χ2v) is 5.59. The minimum atomic E-state index is 0.382. The first-order chi connectivity index (χ1) is 8.61. The Kier molecular flexibility index (Phi) is 4.17. The van der Waals surface area contributed by atoms with Crippen LogP contribution in [0.25, 0.3) is 0 Å². The van der Waals surface area contributed by atoms with E-state index in [4.69, 9.17) is 4.98 Å². The van der Waals surface area contributed by atoms with Crippen molar-refractivity contribution in [2.75, 3.05) is 25.0 Å². The Labute approximate surface area is 110 Å². The van der Waals surface area contributed by atoms with Gasteiger partial charge in [-0.05, 0) is 19.4 Å². The van der Waals surface area contributed by atoms with Crippen LogP contribution in [-0.2, 0) is 6.54 Å². The molecule has 1 aromatic rings. The van der Waals surface area contributed by atoms with Crippen molar-refractivity contribution in [1.82, 2.24) is 15.3 Å². The lowest BCUT2D eigenvalue weighted by Gasteiger charge is -2.21. The summed E-state index contributed by atoms with van der Waals surface area (Å²) in [6.45, 7) is 9.64. The number of nitrogens with zero attached hydrogens (tertiary/aromatic N) is 3. The summed E-state index contributed by atoms with van der Waals surface area (Å²) in [6.07, 6.45) is 3.28. The Bertz CT molecular complexity index is 403. The predicted molar refractivity (Wildman–Crippen MR) is 74.9 cm³/mol. The second-order valence-electron chi connectivity index (χ2n) is 5.59. The number of aromatic nitrogens is 2. The maximum absolute atomic E-state index is 4.72. The summed E-state index contributed by atoms with van der Waals surface area (Å²) in [6, 6.07) is 0. The van der Waals surface area contributed by atoms with Crippen LogP contribution in [0.4, 0.5) is 5.69 Å². The van der Waals surface area contributed by atoms with Gasteiger partial charge in [-0.25, -0.2) is 9.97 Å². The highest BCUT2D eigenvalue weighted by Crippen LogP contribution is 2.26. The van der Waals surface area contributed by atoms with Crippen LogP contribution in [0.2, 0.25) is 0 Å². The first kappa shape index (κ1) is 13.3. The lowest BCUT2D eigenvalue weighted by molar-refractivity contribution is 0.658. The molecule has 1 N–H and O–H groups in total. The Morgan fingerprint density at radius 2 is 2.28 bits per heavy atom. The Balaban J connectivity index is 2.28. The zero-order valence-corrected chi connectivity index (χ0v) is 11.9. The van der Waals surface area contributed by atoms with Crippen LogP contribution in [-0.4, -0.2) is 30.1 Å². The smallest absolute Gasteiger partial charge is 0.131 e. The van der Waals surface area contributed by atoms with Gasteiger partial charge in [-0.3, -0.25) is 0 Å². The fourth-order valence-corrected chi connectivity index (χ4v) is 2.42. The highest BCUT2D eigenvalue weighted by molar-refractivity contribution is 5.50. The molecular formula is C14H24N4. The summed E-state index contributed by atoms with van der Waals surface area (Å²) >= 11 is 0. The van der Waals surface area contributed by atoms with Gasteiger partial charge in [-0.1, -0.05) is 20.8 Å². The molecule has 0 radical (unpaired) electrons. The fourth-order valence-electron chi connectivity index (χ4n) is 2.42. The van der Waals surface area contributed by atoms with Crippen LogP contribution < -0.4 is 10.2 Å². The molecule has 1 aliphatic rings. The molecule has 1 aromatic heterocycles. The maximum atomic E-state index is 4.72. The average Bonchev–Trinajstić information content (AvgIpc) is 2.76. The maximum Gasteiger partial charge on any atom is 0.131 e. The normalized spacial score (nSPS) is 19.8. The van der Waals surface area contributed by atoms with Gasteiger partial charge in [0.05, 0.1) is 17.6 Å². The monoisotopic (exact) mass is 248 g/mol. The SMILES string of the molecule is CNCc1nc(C(C)C)ncc1N1CCC(C)C1. The van der Waals surface area contributed by atoms with Crippen LogP contribution >= 0.6 is 0 Å².